The van der Waals surface area contributed by atoms with E-state index in [2.05, 4.69) is 36.2 Å². The Bertz CT molecular complexity index is 1390. The fourth-order valence-corrected chi connectivity index (χ4v) is 4.22. The van der Waals surface area contributed by atoms with E-state index in [1.807, 2.05) is 12.1 Å². The molecular formula is C22H17BrN4O5S. The summed E-state index contributed by atoms with van der Waals surface area (Å²) in [5.41, 5.74) is 0.857. The number of carbonyl (C=O) groups is 1. The largest absolute Gasteiger partial charge is 0.497 e. The molecule has 168 valence electrons. The fraction of sp³-hybridized carbons (Fsp3) is 0.0455. The molecule has 4 aromatic rings. The van der Waals surface area contributed by atoms with Gasteiger partial charge in [0.2, 0.25) is 5.89 Å². The van der Waals surface area contributed by atoms with Crippen LogP contribution in [0.5, 0.6) is 5.75 Å². The molecule has 0 aliphatic rings. The van der Waals surface area contributed by atoms with Gasteiger partial charge in [-0.25, -0.2) is 8.42 Å². The Morgan fingerprint density at radius 3 is 2.36 bits per heavy atom. The van der Waals surface area contributed by atoms with Crippen molar-refractivity contribution in [2.24, 2.45) is 0 Å². The standard InChI is InChI=1S/C22H17BrN4O5S/c1-31-16-10-12-17(13-11-16)33(29,30)27-19-5-3-2-4-18(19)20(28)24-22-26-25-21(32-22)14-6-8-15(23)9-7-14/h2-13,27H,1H3,(H,24,26,28). The summed E-state index contributed by atoms with van der Waals surface area (Å²) in [7, 11) is -2.46. The Morgan fingerprint density at radius 1 is 0.970 bits per heavy atom. The minimum Gasteiger partial charge on any atom is -0.497 e. The Hall–Kier alpha value is -3.70. The van der Waals surface area contributed by atoms with Crippen LogP contribution in [0, 0.1) is 0 Å². The monoisotopic (exact) mass is 528 g/mol. The predicted octanol–water partition coefficient (Wildman–Crippen LogP) is 4.56. The van der Waals surface area contributed by atoms with E-state index in [-0.39, 0.29) is 28.1 Å². The highest BCUT2D eigenvalue weighted by Gasteiger charge is 2.20. The number of nitrogens with zero attached hydrogens (tertiary/aromatic N) is 2. The summed E-state index contributed by atoms with van der Waals surface area (Å²) in [5.74, 6) is 0.135. The first-order valence-corrected chi connectivity index (χ1v) is 11.8. The molecule has 0 unspecified atom stereocenters. The minimum atomic E-state index is -3.94. The maximum absolute atomic E-state index is 12.8. The molecule has 1 aromatic heterocycles. The maximum atomic E-state index is 12.8. The second kappa shape index (κ2) is 9.43. The SMILES string of the molecule is COc1ccc(S(=O)(=O)Nc2ccccc2C(=O)Nc2nnc(-c3ccc(Br)cc3)o2)cc1. The molecule has 11 heteroatoms. The van der Waals surface area contributed by atoms with Crippen molar-refractivity contribution in [2.45, 2.75) is 4.90 Å². The zero-order valence-electron chi connectivity index (χ0n) is 17.2. The number of hydrogen-bond donors (Lipinski definition) is 2. The van der Waals surface area contributed by atoms with Crippen LogP contribution in [0.4, 0.5) is 11.7 Å². The van der Waals surface area contributed by atoms with Crippen LogP contribution < -0.4 is 14.8 Å². The van der Waals surface area contributed by atoms with Crippen molar-refractivity contribution in [1.29, 1.82) is 0 Å². The normalized spacial score (nSPS) is 11.1. The number of nitrogens with one attached hydrogen (secondary N) is 2. The molecule has 0 radical (unpaired) electrons. The number of amides is 1. The smallest absolute Gasteiger partial charge is 0.322 e. The predicted molar refractivity (Wildman–Crippen MR) is 126 cm³/mol. The highest BCUT2D eigenvalue weighted by Crippen LogP contribution is 2.25. The molecule has 0 saturated heterocycles. The molecule has 0 saturated carbocycles. The molecule has 0 aliphatic carbocycles. The first-order chi connectivity index (χ1) is 15.9. The van der Waals surface area contributed by atoms with Crippen molar-refractivity contribution in [3.8, 4) is 17.2 Å². The van der Waals surface area contributed by atoms with Gasteiger partial charge < -0.3 is 9.15 Å². The second-order valence-electron chi connectivity index (χ2n) is 6.70. The molecule has 9 nitrogen and oxygen atoms in total. The topological polar surface area (TPSA) is 123 Å². The minimum absolute atomic E-state index is 0.0227. The molecular weight excluding hydrogens is 512 g/mol. The summed E-state index contributed by atoms with van der Waals surface area (Å²) in [6.45, 7) is 0. The average Bonchev–Trinajstić information content (AvgIpc) is 3.28. The van der Waals surface area contributed by atoms with E-state index >= 15 is 0 Å². The van der Waals surface area contributed by atoms with Crippen LogP contribution in [0.1, 0.15) is 10.4 Å². The lowest BCUT2D eigenvalue weighted by Gasteiger charge is -2.12. The van der Waals surface area contributed by atoms with Gasteiger partial charge in [0.15, 0.2) is 0 Å². The van der Waals surface area contributed by atoms with Crippen LogP contribution in [-0.4, -0.2) is 31.6 Å². The van der Waals surface area contributed by atoms with Gasteiger partial charge in [-0.1, -0.05) is 33.2 Å². The third-order valence-corrected chi connectivity index (χ3v) is 6.43. The van der Waals surface area contributed by atoms with Crippen molar-refractivity contribution in [3.63, 3.8) is 0 Å². The first-order valence-electron chi connectivity index (χ1n) is 9.52. The molecule has 0 spiro atoms. The number of sulfonamides is 1. The van der Waals surface area contributed by atoms with E-state index in [0.29, 0.717) is 11.3 Å². The van der Waals surface area contributed by atoms with Gasteiger partial charge in [-0.2, -0.15) is 0 Å². The summed E-state index contributed by atoms with van der Waals surface area (Å²) in [6, 6.07) is 19.2. The van der Waals surface area contributed by atoms with Gasteiger partial charge in [-0.3, -0.25) is 14.8 Å². The van der Waals surface area contributed by atoms with E-state index < -0.39 is 15.9 Å². The molecule has 1 amide bonds. The molecule has 3 aromatic carbocycles. The van der Waals surface area contributed by atoms with E-state index in [1.54, 1.807) is 24.3 Å². The van der Waals surface area contributed by atoms with Gasteiger partial charge in [-0.15, -0.1) is 5.10 Å². The molecule has 2 N–H and O–H groups in total. The number of benzene rings is 3. The van der Waals surface area contributed by atoms with Gasteiger partial charge in [0, 0.05) is 10.0 Å². The van der Waals surface area contributed by atoms with E-state index in [0.717, 1.165) is 4.47 Å². The van der Waals surface area contributed by atoms with Gasteiger partial charge >= 0.3 is 6.01 Å². The third-order valence-electron chi connectivity index (χ3n) is 4.52. The summed E-state index contributed by atoms with van der Waals surface area (Å²) in [5, 5.41) is 10.3. The van der Waals surface area contributed by atoms with Crippen LogP contribution in [0.2, 0.25) is 0 Å². The zero-order valence-corrected chi connectivity index (χ0v) is 19.6. The number of aromatic nitrogens is 2. The van der Waals surface area contributed by atoms with Crippen LogP contribution >= 0.6 is 15.9 Å². The van der Waals surface area contributed by atoms with Crippen LogP contribution in [-0.2, 0) is 10.0 Å². The van der Waals surface area contributed by atoms with E-state index in [4.69, 9.17) is 9.15 Å². The Morgan fingerprint density at radius 2 is 1.67 bits per heavy atom. The Kier molecular flexibility index (Phi) is 6.43. The van der Waals surface area contributed by atoms with Gasteiger partial charge in [0.05, 0.1) is 23.3 Å². The van der Waals surface area contributed by atoms with Gasteiger partial charge in [-0.05, 0) is 60.7 Å². The molecule has 0 aliphatic heterocycles. The summed E-state index contributed by atoms with van der Waals surface area (Å²) >= 11 is 3.35. The van der Waals surface area contributed by atoms with Crippen LogP contribution in [0.15, 0.2) is 86.6 Å². The number of ether oxygens (including phenoxy) is 1. The highest BCUT2D eigenvalue weighted by molar-refractivity contribution is 9.10. The van der Waals surface area contributed by atoms with E-state index in [9.17, 15) is 13.2 Å². The number of halogens is 1. The van der Waals surface area contributed by atoms with E-state index in [1.165, 1.54) is 43.5 Å². The summed E-state index contributed by atoms with van der Waals surface area (Å²) in [6.07, 6.45) is 0. The molecule has 33 heavy (non-hydrogen) atoms. The fourth-order valence-electron chi connectivity index (χ4n) is 2.88. The Balaban J connectivity index is 1.53. The lowest BCUT2D eigenvalue weighted by Crippen LogP contribution is -2.18. The molecule has 4 rings (SSSR count). The lowest BCUT2D eigenvalue weighted by atomic mass is 10.2. The number of rotatable bonds is 7. The third kappa shape index (κ3) is 5.21. The highest BCUT2D eigenvalue weighted by atomic mass is 79.9. The number of carbonyl (C=O) groups excluding carboxylic acids is 1. The number of anilines is 2. The molecule has 0 fully saturated rings. The maximum Gasteiger partial charge on any atom is 0.322 e. The van der Waals surface area contributed by atoms with Gasteiger partial charge in [0.25, 0.3) is 15.9 Å². The van der Waals surface area contributed by atoms with Gasteiger partial charge in [0.1, 0.15) is 5.75 Å². The Labute approximate surface area is 198 Å². The quantitative estimate of drug-likeness (QED) is 0.360. The van der Waals surface area contributed by atoms with Crippen LogP contribution in [0.3, 0.4) is 0 Å². The van der Waals surface area contributed by atoms with Crippen molar-refractivity contribution >= 4 is 43.6 Å². The molecule has 0 bridgehead atoms. The number of hydrogen-bond acceptors (Lipinski definition) is 7. The number of methoxy groups -OCH3 is 1. The van der Waals surface area contributed by atoms with Crippen molar-refractivity contribution in [2.75, 3.05) is 17.1 Å². The molecule has 0 atom stereocenters. The summed E-state index contributed by atoms with van der Waals surface area (Å²) in [4.78, 5) is 12.9. The van der Waals surface area contributed by atoms with Crippen molar-refractivity contribution < 1.29 is 22.4 Å². The lowest BCUT2D eigenvalue weighted by molar-refractivity contribution is 0.102. The number of para-hydroxylation sites is 1. The van der Waals surface area contributed by atoms with Crippen molar-refractivity contribution in [1.82, 2.24) is 10.2 Å². The molecule has 1 heterocycles. The average molecular weight is 529 g/mol. The first kappa shape index (κ1) is 22.5. The summed E-state index contributed by atoms with van der Waals surface area (Å²) < 4.78 is 39.5. The van der Waals surface area contributed by atoms with Crippen molar-refractivity contribution in [3.05, 3.63) is 82.8 Å². The second-order valence-corrected chi connectivity index (χ2v) is 9.30. The van der Waals surface area contributed by atoms with Crippen LogP contribution in [0.25, 0.3) is 11.5 Å². The zero-order chi connectivity index (χ0) is 23.4.